The molecule has 10 heteroatoms. The fourth-order valence-electron chi connectivity index (χ4n) is 4.79. The number of aromatic nitrogens is 3. The van der Waals surface area contributed by atoms with Crippen molar-refractivity contribution in [2.24, 2.45) is 0 Å². The highest BCUT2D eigenvalue weighted by Crippen LogP contribution is 2.61. The first-order valence-corrected chi connectivity index (χ1v) is 14.8. The minimum Gasteiger partial charge on any atom is -0.306 e. The molecule has 0 spiro atoms. The molecule has 0 amide bonds. The van der Waals surface area contributed by atoms with Gasteiger partial charge < -0.3 is 4.57 Å². The largest absolute Gasteiger partial charge is 0.306 e. The molecule has 0 saturated heterocycles. The molecule has 0 N–H and O–H groups in total. The highest BCUT2D eigenvalue weighted by atomic mass is 31.2. The van der Waals surface area contributed by atoms with Crippen molar-refractivity contribution in [2.45, 2.75) is 104 Å². The van der Waals surface area contributed by atoms with Crippen molar-refractivity contribution >= 4 is 13.0 Å². The molecule has 1 aromatic heterocycles. The van der Waals surface area contributed by atoms with Gasteiger partial charge in [-0.25, -0.2) is 9.35 Å². The quantitative estimate of drug-likeness (QED) is 0.111. The van der Waals surface area contributed by atoms with E-state index in [1.165, 1.54) is 25.3 Å². The molecule has 0 saturated carbocycles. The fraction of sp³-hybridized carbons (Fsp3) is 0.654. The molecule has 36 heavy (non-hydrogen) atoms. The van der Waals surface area contributed by atoms with Crippen LogP contribution < -0.4 is 0 Å². The van der Waals surface area contributed by atoms with Crippen LogP contribution in [0.1, 0.15) is 96.5 Å². The maximum absolute atomic E-state index is 14.2. The van der Waals surface area contributed by atoms with E-state index in [1.807, 2.05) is 51.6 Å². The van der Waals surface area contributed by atoms with E-state index in [1.54, 1.807) is 10.7 Å². The van der Waals surface area contributed by atoms with Crippen molar-refractivity contribution in [1.29, 1.82) is 5.26 Å². The molecule has 1 aromatic carbocycles. The maximum Gasteiger partial charge on any atom is 0.274 e. The van der Waals surface area contributed by atoms with Crippen LogP contribution in [0.4, 0.5) is 5.69 Å². The number of benzene rings is 1. The Kier molecular flexibility index (Phi) is 11.3. The minimum absolute atomic E-state index is 0.0116. The number of nitro groups is 1. The van der Waals surface area contributed by atoms with Crippen LogP contribution in [0.3, 0.4) is 0 Å². The summed E-state index contributed by atoms with van der Waals surface area (Å²) >= 11 is 0. The number of aryl methyl sites for hydroxylation is 1. The van der Waals surface area contributed by atoms with Crippen LogP contribution in [0.5, 0.6) is 0 Å². The molecule has 0 aliphatic heterocycles. The zero-order chi connectivity index (χ0) is 26.9. The number of rotatable bonds is 15. The molecule has 0 fully saturated rings. The van der Waals surface area contributed by atoms with Gasteiger partial charge >= 0.3 is 0 Å². The van der Waals surface area contributed by atoms with E-state index < -0.39 is 18.3 Å². The first kappa shape index (κ1) is 29.7. The molecule has 0 radical (unpaired) electrons. The van der Waals surface area contributed by atoms with E-state index in [9.17, 15) is 19.9 Å². The van der Waals surface area contributed by atoms with Gasteiger partial charge in [0, 0.05) is 48.2 Å². The maximum atomic E-state index is 14.2. The zero-order valence-electron chi connectivity index (χ0n) is 22.6. The van der Waals surface area contributed by atoms with Gasteiger partial charge in [0.05, 0.1) is 23.2 Å². The summed E-state index contributed by atoms with van der Waals surface area (Å²) in [5.74, 6) is 0. The number of nitro benzene ring substituents is 1. The Labute approximate surface area is 215 Å². The van der Waals surface area contributed by atoms with Crippen molar-refractivity contribution in [1.82, 2.24) is 19.7 Å². The van der Waals surface area contributed by atoms with Crippen LogP contribution >= 0.6 is 7.29 Å². The van der Waals surface area contributed by atoms with Crippen molar-refractivity contribution in [2.75, 3.05) is 6.54 Å². The Morgan fingerprint density at radius 1 is 1.17 bits per heavy atom. The first-order valence-electron chi connectivity index (χ1n) is 13.0. The second-order valence-corrected chi connectivity index (χ2v) is 13.9. The van der Waals surface area contributed by atoms with Crippen LogP contribution in [-0.4, -0.2) is 42.5 Å². The third kappa shape index (κ3) is 7.24. The SMILES string of the molecule is CCCCCCc1cn(Cc2ccc([N+](=O)[O-])c(C(C)N(CCC#N)P(=O)(C(C)C)C(C)C)c2)nn1. The molecule has 0 aliphatic carbocycles. The lowest BCUT2D eigenvalue weighted by Crippen LogP contribution is -2.32. The summed E-state index contributed by atoms with van der Waals surface area (Å²) in [7, 11) is -2.94. The predicted molar refractivity (Wildman–Crippen MR) is 143 cm³/mol. The van der Waals surface area contributed by atoms with E-state index in [0.29, 0.717) is 12.1 Å². The highest BCUT2D eigenvalue weighted by molar-refractivity contribution is 7.62. The first-order chi connectivity index (χ1) is 17.1. The minimum atomic E-state index is -2.94. The van der Waals surface area contributed by atoms with Crippen molar-refractivity contribution in [3.05, 3.63) is 51.3 Å². The number of hydrogen-bond acceptors (Lipinski definition) is 6. The van der Waals surface area contributed by atoms with Gasteiger partial charge in [0.2, 0.25) is 0 Å². The van der Waals surface area contributed by atoms with Gasteiger partial charge in [-0.15, -0.1) is 5.10 Å². The summed E-state index contributed by atoms with van der Waals surface area (Å²) in [5.41, 5.74) is 1.99. The lowest BCUT2D eigenvalue weighted by molar-refractivity contribution is -0.385. The van der Waals surface area contributed by atoms with Crippen LogP contribution in [0.2, 0.25) is 0 Å². The average molecular weight is 517 g/mol. The van der Waals surface area contributed by atoms with E-state index >= 15 is 0 Å². The molecule has 198 valence electrons. The predicted octanol–water partition coefficient (Wildman–Crippen LogP) is 6.73. The molecular formula is C26H41N6O3P. The molecule has 1 atom stereocenters. The van der Waals surface area contributed by atoms with Gasteiger partial charge in [-0.05, 0) is 31.4 Å². The van der Waals surface area contributed by atoms with Crippen LogP contribution in [-0.2, 0) is 17.5 Å². The van der Waals surface area contributed by atoms with E-state index in [-0.39, 0.29) is 30.0 Å². The third-order valence-electron chi connectivity index (χ3n) is 6.74. The summed E-state index contributed by atoms with van der Waals surface area (Å²) in [6.07, 6.45) is 7.66. The van der Waals surface area contributed by atoms with Gasteiger partial charge in [-0.3, -0.25) is 10.1 Å². The lowest BCUT2D eigenvalue weighted by Gasteiger charge is -2.40. The standard InChI is InChI=1S/C26H41N6O3P/c1-7-8-9-10-12-24-19-30(29-28-24)18-23-13-14-26(32(33)34)25(17-23)22(6)31(16-11-15-27)36(35,20(2)3)21(4)5/h13-14,17,19-22H,7-12,16,18H2,1-6H3. The van der Waals surface area contributed by atoms with Gasteiger partial charge in [-0.2, -0.15) is 5.26 Å². The van der Waals surface area contributed by atoms with Crippen LogP contribution in [0.25, 0.3) is 0 Å². The molecule has 9 nitrogen and oxygen atoms in total. The Balaban J connectivity index is 2.39. The summed E-state index contributed by atoms with van der Waals surface area (Å²) in [6.45, 7) is 12.4. The normalized spacial score (nSPS) is 12.9. The Bertz CT molecular complexity index is 1080. The third-order valence-corrected chi connectivity index (χ3v) is 11.0. The molecule has 1 unspecified atom stereocenters. The number of hydrogen-bond donors (Lipinski definition) is 0. The Morgan fingerprint density at radius 2 is 1.86 bits per heavy atom. The van der Waals surface area contributed by atoms with Gasteiger partial charge in [0.25, 0.3) is 5.69 Å². The Hall–Kier alpha value is -2.56. The second-order valence-electron chi connectivity index (χ2n) is 9.98. The van der Waals surface area contributed by atoms with Crippen LogP contribution in [0.15, 0.2) is 24.4 Å². The summed E-state index contributed by atoms with van der Waals surface area (Å²) in [5, 5.41) is 29.7. The molecular weight excluding hydrogens is 475 g/mol. The molecule has 1 heterocycles. The van der Waals surface area contributed by atoms with Crippen molar-refractivity contribution < 1.29 is 9.49 Å². The molecule has 0 aliphatic rings. The monoisotopic (exact) mass is 516 g/mol. The van der Waals surface area contributed by atoms with E-state index in [0.717, 1.165) is 24.1 Å². The molecule has 2 aromatic rings. The lowest BCUT2D eigenvalue weighted by atomic mass is 10.0. The second kappa shape index (κ2) is 13.7. The summed E-state index contributed by atoms with van der Waals surface area (Å²) < 4.78 is 17.8. The van der Waals surface area contributed by atoms with Gasteiger partial charge in [0.15, 0.2) is 7.29 Å². The summed E-state index contributed by atoms with van der Waals surface area (Å²) in [4.78, 5) is 11.5. The smallest absolute Gasteiger partial charge is 0.274 e. The molecule has 2 rings (SSSR count). The number of nitriles is 1. The fourth-order valence-corrected chi connectivity index (χ4v) is 8.25. The topological polar surface area (TPSA) is 118 Å². The van der Waals surface area contributed by atoms with E-state index in [2.05, 4.69) is 23.3 Å². The zero-order valence-corrected chi connectivity index (χ0v) is 23.4. The van der Waals surface area contributed by atoms with Crippen LogP contribution in [0, 0.1) is 21.4 Å². The van der Waals surface area contributed by atoms with Gasteiger partial charge in [0.1, 0.15) is 0 Å². The summed E-state index contributed by atoms with van der Waals surface area (Å²) in [6, 6.07) is 6.71. The van der Waals surface area contributed by atoms with Crippen molar-refractivity contribution in [3.8, 4) is 6.07 Å². The molecule has 0 bridgehead atoms. The average Bonchev–Trinajstić information content (AvgIpc) is 3.28. The Morgan fingerprint density at radius 3 is 2.44 bits per heavy atom. The number of unbranched alkanes of at least 4 members (excludes halogenated alkanes) is 3. The van der Waals surface area contributed by atoms with E-state index in [4.69, 9.17) is 0 Å². The van der Waals surface area contributed by atoms with Gasteiger partial charge in [-0.1, -0.05) is 65.2 Å². The highest BCUT2D eigenvalue weighted by Gasteiger charge is 2.41. The number of nitrogens with zero attached hydrogens (tertiary/aromatic N) is 6. The van der Waals surface area contributed by atoms with Crippen molar-refractivity contribution in [3.63, 3.8) is 0 Å².